The van der Waals surface area contributed by atoms with E-state index in [2.05, 4.69) is 5.32 Å². The molecule has 2 amide bonds. The average molecular weight is 204 g/mol. The number of carbonyl (C=O) groups excluding carboxylic acids is 2. The number of benzene rings is 1. The smallest absolute Gasteiger partial charge is 0.223 e. The highest BCUT2D eigenvalue weighted by atomic mass is 16.2. The number of nitrogens with zero attached hydrogens (tertiary/aromatic N) is 1. The Morgan fingerprint density at radius 2 is 2.33 bits per heavy atom. The Morgan fingerprint density at radius 3 is 3.00 bits per heavy atom. The molecule has 0 saturated carbocycles. The summed E-state index contributed by atoms with van der Waals surface area (Å²) in [5.41, 5.74) is 2.79. The van der Waals surface area contributed by atoms with Gasteiger partial charge in [0.25, 0.3) is 0 Å². The zero-order chi connectivity index (χ0) is 10.8. The summed E-state index contributed by atoms with van der Waals surface area (Å²) in [6.07, 6.45) is 1.52. The number of anilines is 2. The Bertz CT molecular complexity index is 415. The molecule has 15 heavy (non-hydrogen) atoms. The lowest BCUT2D eigenvalue weighted by Crippen LogP contribution is -2.25. The highest BCUT2D eigenvalue weighted by molar-refractivity contribution is 5.94. The van der Waals surface area contributed by atoms with E-state index in [-0.39, 0.29) is 5.91 Å². The van der Waals surface area contributed by atoms with E-state index in [9.17, 15) is 9.59 Å². The fourth-order valence-electron chi connectivity index (χ4n) is 1.86. The summed E-state index contributed by atoms with van der Waals surface area (Å²) >= 11 is 0. The second-order valence-corrected chi connectivity index (χ2v) is 3.53. The molecule has 1 aromatic carbocycles. The minimum absolute atomic E-state index is 0.0389. The molecule has 0 unspecified atom stereocenters. The molecule has 0 atom stereocenters. The van der Waals surface area contributed by atoms with E-state index in [4.69, 9.17) is 0 Å². The summed E-state index contributed by atoms with van der Waals surface area (Å²) in [4.78, 5) is 23.3. The summed E-state index contributed by atoms with van der Waals surface area (Å²) in [6.45, 7) is 2.28. The number of hydrogen-bond acceptors (Lipinski definition) is 2. The highest BCUT2D eigenvalue weighted by Gasteiger charge is 2.21. The van der Waals surface area contributed by atoms with E-state index in [0.29, 0.717) is 6.41 Å². The van der Waals surface area contributed by atoms with E-state index >= 15 is 0 Å². The van der Waals surface area contributed by atoms with Crippen molar-refractivity contribution in [3.8, 4) is 0 Å². The first-order valence-electron chi connectivity index (χ1n) is 4.83. The lowest BCUT2D eigenvalue weighted by molar-refractivity contribution is -0.116. The maximum atomic E-state index is 11.3. The van der Waals surface area contributed by atoms with Crippen LogP contribution in [0.2, 0.25) is 0 Å². The van der Waals surface area contributed by atoms with Crippen molar-refractivity contribution in [3.63, 3.8) is 0 Å². The van der Waals surface area contributed by atoms with E-state index in [0.717, 1.165) is 29.9 Å². The topological polar surface area (TPSA) is 49.4 Å². The molecule has 0 aromatic heterocycles. The van der Waals surface area contributed by atoms with Gasteiger partial charge >= 0.3 is 0 Å². The van der Waals surface area contributed by atoms with Gasteiger partial charge in [-0.3, -0.25) is 9.59 Å². The second kappa shape index (κ2) is 3.73. The van der Waals surface area contributed by atoms with Gasteiger partial charge in [0.1, 0.15) is 0 Å². The van der Waals surface area contributed by atoms with Crippen LogP contribution in [0.15, 0.2) is 18.2 Å². The van der Waals surface area contributed by atoms with Crippen LogP contribution in [0.3, 0.4) is 0 Å². The average Bonchev–Trinajstić information content (AvgIpc) is 2.61. The van der Waals surface area contributed by atoms with Gasteiger partial charge in [-0.05, 0) is 24.1 Å². The standard InChI is InChI=1S/C11H12N2O2/c1-8(15)13-5-4-9-2-3-10(12-7-14)6-11(9)13/h2-3,6-7H,4-5H2,1H3,(H,12,14). The number of hydrogen-bond donors (Lipinski definition) is 1. The second-order valence-electron chi connectivity index (χ2n) is 3.53. The fourth-order valence-corrected chi connectivity index (χ4v) is 1.86. The highest BCUT2D eigenvalue weighted by Crippen LogP contribution is 2.30. The van der Waals surface area contributed by atoms with Crippen molar-refractivity contribution in [1.29, 1.82) is 0 Å². The van der Waals surface area contributed by atoms with Crippen LogP contribution in [0.5, 0.6) is 0 Å². The number of carbonyl (C=O) groups is 2. The Balaban J connectivity index is 2.37. The van der Waals surface area contributed by atoms with Gasteiger partial charge in [0.05, 0.1) is 0 Å². The van der Waals surface area contributed by atoms with Gasteiger partial charge in [0, 0.05) is 24.8 Å². The Morgan fingerprint density at radius 1 is 1.53 bits per heavy atom. The number of fused-ring (bicyclic) bond motifs is 1. The number of nitrogens with one attached hydrogen (secondary N) is 1. The third-order valence-electron chi connectivity index (χ3n) is 2.59. The molecule has 1 aliphatic heterocycles. The molecule has 0 radical (unpaired) electrons. The Kier molecular flexibility index (Phi) is 2.41. The largest absolute Gasteiger partial charge is 0.329 e. The third kappa shape index (κ3) is 1.70. The molecular formula is C11H12N2O2. The molecule has 1 aliphatic rings. The zero-order valence-electron chi connectivity index (χ0n) is 8.49. The van der Waals surface area contributed by atoms with Crippen LogP contribution in [-0.4, -0.2) is 18.9 Å². The van der Waals surface area contributed by atoms with Crippen molar-refractivity contribution in [2.24, 2.45) is 0 Å². The molecule has 4 heteroatoms. The summed E-state index contributed by atoms with van der Waals surface area (Å²) in [7, 11) is 0. The summed E-state index contributed by atoms with van der Waals surface area (Å²) in [5.74, 6) is 0.0389. The van der Waals surface area contributed by atoms with Gasteiger partial charge in [-0.25, -0.2) is 0 Å². The molecule has 1 N–H and O–H groups in total. The first kappa shape index (κ1) is 9.71. The van der Waals surface area contributed by atoms with E-state index in [1.54, 1.807) is 11.8 Å². The van der Waals surface area contributed by atoms with Crippen molar-refractivity contribution in [2.75, 3.05) is 16.8 Å². The van der Waals surface area contributed by atoms with Crippen LogP contribution >= 0.6 is 0 Å². The van der Waals surface area contributed by atoms with Crippen LogP contribution in [0, 0.1) is 0 Å². The zero-order valence-corrected chi connectivity index (χ0v) is 8.49. The van der Waals surface area contributed by atoms with Crippen LogP contribution in [0.1, 0.15) is 12.5 Å². The minimum Gasteiger partial charge on any atom is -0.329 e. The van der Waals surface area contributed by atoms with Crippen LogP contribution in [0.25, 0.3) is 0 Å². The van der Waals surface area contributed by atoms with Gasteiger partial charge in [-0.1, -0.05) is 6.07 Å². The van der Waals surface area contributed by atoms with Gasteiger partial charge in [-0.15, -0.1) is 0 Å². The molecular weight excluding hydrogens is 192 g/mol. The van der Waals surface area contributed by atoms with Gasteiger partial charge < -0.3 is 10.2 Å². The SMILES string of the molecule is CC(=O)N1CCc2ccc(NC=O)cc21. The predicted octanol–water partition coefficient (Wildman–Crippen LogP) is 1.16. The minimum atomic E-state index is 0.0389. The quantitative estimate of drug-likeness (QED) is 0.735. The van der Waals surface area contributed by atoms with E-state index in [1.165, 1.54) is 0 Å². The maximum absolute atomic E-state index is 11.3. The normalized spacial score (nSPS) is 13.5. The summed E-state index contributed by atoms with van der Waals surface area (Å²) in [6, 6.07) is 5.62. The molecule has 0 spiro atoms. The first-order valence-corrected chi connectivity index (χ1v) is 4.83. The van der Waals surface area contributed by atoms with Crippen LogP contribution in [-0.2, 0) is 16.0 Å². The molecule has 1 aromatic rings. The van der Waals surface area contributed by atoms with Crippen molar-refractivity contribution in [3.05, 3.63) is 23.8 Å². The lowest BCUT2D eigenvalue weighted by Gasteiger charge is -2.15. The maximum Gasteiger partial charge on any atom is 0.223 e. The molecule has 0 aliphatic carbocycles. The number of amides is 2. The van der Waals surface area contributed by atoms with Crippen molar-refractivity contribution >= 4 is 23.7 Å². The molecule has 0 fully saturated rings. The van der Waals surface area contributed by atoms with Crippen molar-refractivity contribution in [2.45, 2.75) is 13.3 Å². The Labute approximate surface area is 87.9 Å². The van der Waals surface area contributed by atoms with Crippen LogP contribution in [0.4, 0.5) is 11.4 Å². The molecule has 1 heterocycles. The van der Waals surface area contributed by atoms with Crippen molar-refractivity contribution < 1.29 is 9.59 Å². The predicted molar refractivity (Wildman–Crippen MR) is 57.9 cm³/mol. The molecule has 78 valence electrons. The van der Waals surface area contributed by atoms with E-state index < -0.39 is 0 Å². The third-order valence-corrected chi connectivity index (χ3v) is 2.59. The van der Waals surface area contributed by atoms with Gasteiger partial charge in [0.15, 0.2) is 0 Å². The first-order chi connectivity index (χ1) is 7.22. The lowest BCUT2D eigenvalue weighted by atomic mass is 10.1. The monoisotopic (exact) mass is 204 g/mol. The van der Waals surface area contributed by atoms with Crippen molar-refractivity contribution in [1.82, 2.24) is 0 Å². The van der Waals surface area contributed by atoms with Gasteiger partial charge in [0.2, 0.25) is 12.3 Å². The van der Waals surface area contributed by atoms with Gasteiger partial charge in [-0.2, -0.15) is 0 Å². The fraction of sp³-hybridized carbons (Fsp3) is 0.273. The molecule has 2 rings (SSSR count). The van der Waals surface area contributed by atoms with Crippen LogP contribution < -0.4 is 10.2 Å². The summed E-state index contributed by atoms with van der Waals surface area (Å²) in [5, 5.41) is 2.58. The molecule has 4 nitrogen and oxygen atoms in total. The Hall–Kier alpha value is -1.84. The molecule has 0 saturated heterocycles. The van der Waals surface area contributed by atoms with E-state index in [1.807, 2.05) is 18.2 Å². The summed E-state index contributed by atoms with van der Waals surface area (Å²) < 4.78 is 0. The molecule has 0 bridgehead atoms. The number of rotatable bonds is 2.